The molecule has 0 atom stereocenters. The molecule has 2 rings (SSSR count). The summed E-state index contributed by atoms with van der Waals surface area (Å²) in [5.74, 6) is 1.46. The molecule has 0 bridgehead atoms. The average Bonchev–Trinajstić information content (AvgIpc) is 2.60. The minimum absolute atomic E-state index is 0.319. The van der Waals surface area contributed by atoms with Gasteiger partial charge in [0, 0.05) is 23.5 Å². The average molecular weight is 363 g/mol. The number of nitrogens with zero attached hydrogens (tertiary/aromatic N) is 3. The van der Waals surface area contributed by atoms with E-state index in [1.165, 1.54) is 0 Å². The molecule has 5 nitrogen and oxygen atoms in total. The summed E-state index contributed by atoms with van der Waals surface area (Å²) < 4.78 is 5.45. The van der Waals surface area contributed by atoms with Crippen LogP contribution in [0.1, 0.15) is 57.8 Å². The Morgan fingerprint density at radius 3 is 2.40 bits per heavy atom. The van der Waals surface area contributed by atoms with Crippen LogP contribution in [0, 0.1) is 6.92 Å². The molecule has 0 aliphatic heterocycles. The van der Waals surface area contributed by atoms with Crippen molar-refractivity contribution in [2.45, 2.75) is 59.4 Å². The SMILES string of the molecule is CCC(CC)Nc1nc(C)c(-c2cnc(C(C)C)cc2Cl)nc1OC. The smallest absolute Gasteiger partial charge is 0.257 e. The Balaban J connectivity index is 2.46. The molecule has 0 amide bonds. The van der Waals surface area contributed by atoms with E-state index >= 15 is 0 Å². The van der Waals surface area contributed by atoms with Gasteiger partial charge < -0.3 is 10.1 Å². The number of aromatic nitrogens is 3. The fourth-order valence-electron chi connectivity index (χ4n) is 2.62. The van der Waals surface area contributed by atoms with Gasteiger partial charge >= 0.3 is 0 Å². The summed E-state index contributed by atoms with van der Waals surface area (Å²) in [5.41, 5.74) is 3.21. The van der Waals surface area contributed by atoms with Gasteiger partial charge in [0.15, 0.2) is 5.82 Å². The molecule has 1 N–H and O–H groups in total. The first-order chi connectivity index (χ1) is 11.9. The molecule has 0 aliphatic rings. The van der Waals surface area contributed by atoms with E-state index in [0.29, 0.717) is 34.4 Å². The van der Waals surface area contributed by atoms with E-state index in [0.717, 1.165) is 29.8 Å². The third-order valence-corrected chi connectivity index (χ3v) is 4.59. The van der Waals surface area contributed by atoms with Crippen molar-refractivity contribution in [3.63, 3.8) is 0 Å². The van der Waals surface area contributed by atoms with Crippen molar-refractivity contribution in [2.24, 2.45) is 0 Å². The zero-order valence-electron chi connectivity index (χ0n) is 15.9. The Morgan fingerprint density at radius 2 is 1.88 bits per heavy atom. The Hall–Kier alpha value is -1.88. The molecule has 0 fully saturated rings. The number of hydrogen-bond acceptors (Lipinski definition) is 5. The highest BCUT2D eigenvalue weighted by molar-refractivity contribution is 6.33. The Bertz CT molecular complexity index is 730. The third kappa shape index (κ3) is 4.40. The number of rotatable bonds is 7. The third-order valence-electron chi connectivity index (χ3n) is 4.28. The fraction of sp³-hybridized carbons (Fsp3) is 0.526. The summed E-state index contributed by atoms with van der Waals surface area (Å²) >= 11 is 6.48. The van der Waals surface area contributed by atoms with E-state index in [4.69, 9.17) is 16.3 Å². The number of aryl methyl sites for hydroxylation is 1. The summed E-state index contributed by atoms with van der Waals surface area (Å²) in [4.78, 5) is 13.8. The molecule has 0 unspecified atom stereocenters. The second-order valence-corrected chi connectivity index (χ2v) is 6.82. The van der Waals surface area contributed by atoms with Crippen LogP contribution in [-0.2, 0) is 0 Å². The number of anilines is 1. The van der Waals surface area contributed by atoms with Crippen molar-refractivity contribution < 1.29 is 4.74 Å². The molecular formula is C19H27ClN4O. The van der Waals surface area contributed by atoms with E-state index in [1.54, 1.807) is 13.3 Å². The van der Waals surface area contributed by atoms with E-state index in [1.807, 2.05) is 13.0 Å². The van der Waals surface area contributed by atoms with Crippen LogP contribution in [0.5, 0.6) is 5.88 Å². The van der Waals surface area contributed by atoms with Gasteiger partial charge in [-0.3, -0.25) is 4.98 Å². The number of halogens is 1. The van der Waals surface area contributed by atoms with E-state index in [2.05, 4.69) is 48.0 Å². The molecule has 0 saturated carbocycles. The van der Waals surface area contributed by atoms with Gasteiger partial charge in [-0.05, 0) is 31.7 Å². The normalized spacial score (nSPS) is 11.2. The van der Waals surface area contributed by atoms with Crippen molar-refractivity contribution in [1.82, 2.24) is 15.0 Å². The van der Waals surface area contributed by atoms with E-state index in [-0.39, 0.29) is 0 Å². The lowest BCUT2D eigenvalue weighted by molar-refractivity contribution is 0.397. The maximum Gasteiger partial charge on any atom is 0.257 e. The van der Waals surface area contributed by atoms with Crippen LogP contribution in [0.2, 0.25) is 5.02 Å². The molecule has 2 aromatic rings. The number of nitrogens with one attached hydrogen (secondary N) is 1. The molecule has 2 heterocycles. The molecular weight excluding hydrogens is 336 g/mol. The first-order valence-electron chi connectivity index (χ1n) is 8.76. The highest BCUT2D eigenvalue weighted by atomic mass is 35.5. The molecule has 0 aromatic carbocycles. The summed E-state index contributed by atoms with van der Waals surface area (Å²) in [6.07, 6.45) is 3.78. The zero-order valence-corrected chi connectivity index (χ0v) is 16.6. The van der Waals surface area contributed by atoms with Gasteiger partial charge in [0.25, 0.3) is 5.88 Å². The number of hydrogen-bond donors (Lipinski definition) is 1. The van der Waals surface area contributed by atoms with Gasteiger partial charge in [-0.25, -0.2) is 9.97 Å². The predicted octanol–water partition coefficient (Wildman–Crippen LogP) is 5.23. The van der Waals surface area contributed by atoms with Gasteiger partial charge in [0.1, 0.15) is 0 Å². The fourth-order valence-corrected chi connectivity index (χ4v) is 2.87. The summed E-state index contributed by atoms with van der Waals surface area (Å²) in [6, 6.07) is 2.23. The number of pyridine rings is 1. The first-order valence-corrected chi connectivity index (χ1v) is 9.13. The maximum atomic E-state index is 6.48. The van der Waals surface area contributed by atoms with E-state index < -0.39 is 0 Å². The maximum absolute atomic E-state index is 6.48. The number of methoxy groups -OCH3 is 1. The molecule has 6 heteroatoms. The van der Waals surface area contributed by atoms with Crippen molar-refractivity contribution in [3.05, 3.63) is 28.7 Å². The standard InChI is InChI=1S/C19H27ClN4O/c1-7-13(8-2)23-18-19(25-6)24-17(12(5)22-18)14-10-21-16(11(3)4)9-15(14)20/h9-11,13H,7-8H2,1-6H3,(H,22,23). The molecule has 0 spiro atoms. The van der Waals surface area contributed by atoms with Crippen LogP contribution >= 0.6 is 11.6 Å². The van der Waals surface area contributed by atoms with Gasteiger partial charge in [-0.2, -0.15) is 0 Å². The molecule has 0 aliphatic carbocycles. The van der Waals surface area contributed by atoms with Gasteiger partial charge in [0.2, 0.25) is 0 Å². The summed E-state index contributed by atoms with van der Waals surface area (Å²) in [6.45, 7) is 10.4. The van der Waals surface area contributed by atoms with Crippen LogP contribution in [0.3, 0.4) is 0 Å². The zero-order chi connectivity index (χ0) is 18.6. The molecule has 136 valence electrons. The lowest BCUT2D eigenvalue weighted by Gasteiger charge is -2.18. The number of ether oxygens (including phenoxy) is 1. The minimum atomic E-state index is 0.319. The molecule has 0 saturated heterocycles. The highest BCUT2D eigenvalue weighted by Crippen LogP contribution is 2.33. The first kappa shape index (κ1) is 19.4. The summed E-state index contributed by atoms with van der Waals surface area (Å²) in [7, 11) is 1.60. The minimum Gasteiger partial charge on any atom is -0.478 e. The van der Waals surface area contributed by atoms with Crippen LogP contribution in [0.4, 0.5) is 5.82 Å². The van der Waals surface area contributed by atoms with Gasteiger partial charge in [0.05, 0.1) is 23.5 Å². The highest BCUT2D eigenvalue weighted by Gasteiger charge is 2.18. The second-order valence-electron chi connectivity index (χ2n) is 6.42. The topological polar surface area (TPSA) is 59.9 Å². The van der Waals surface area contributed by atoms with Gasteiger partial charge in [-0.15, -0.1) is 0 Å². The Labute approximate surface area is 155 Å². The molecule has 0 radical (unpaired) electrons. The predicted molar refractivity (Wildman–Crippen MR) is 104 cm³/mol. The Kier molecular flexibility index (Phi) is 6.59. The molecule has 2 aromatic heterocycles. The van der Waals surface area contributed by atoms with Crippen LogP contribution < -0.4 is 10.1 Å². The van der Waals surface area contributed by atoms with Crippen LogP contribution in [-0.4, -0.2) is 28.1 Å². The van der Waals surface area contributed by atoms with Crippen molar-refractivity contribution in [2.75, 3.05) is 12.4 Å². The van der Waals surface area contributed by atoms with Crippen LogP contribution in [0.15, 0.2) is 12.3 Å². The quantitative estimate of drug-likeness (QED) is 0.730. The van der Waals surface area contributed by atoms with Gasteiger partial charge in [-0.1, -0.05) is 39.3 Å². The van der Waals surface area contributed by atoms with Crippen molar-refractivity contribution >= 4 is 17.4 Å². The van der Waals surface area contributed by atoms with E-state index in [9.17, 15) is 0 Å². The second kappa shape index (κ2) is 8.48. The molecule has 25 heavy (non-hydrogen) atoms. The lowest BCUT2D eigenvalue weighted by atomic mass is 10.1. The summed E-state index contributed by atoms with van der Waals surface area (Å²) in [5, 5.41) is 4.03. The lowest BCUT2D eigenvalue weighted by Crippen LogP contribution is -2.19. The Morgan fingerprint density at radius 1 is 1.20 bits per heavy atom. The van der Waals surface area contributed by atoms with Crippen molar-refractivity contribution in [1.29, 1.82) is 0 Å². The van der Waals surface area contributed by atoms with Crippen molar-refractivity contribution in [3.8, 4) is 17.1 Å². The largest absolute Gasteiger partial charge is 0.478 e. The van der Waals surface area contributed by atoms with Crippen LogP contribution in [0.25, 0.3) is 11.3 Å². The monoisotopic (exact) mass is 362 g/mol.